The second-order valence-corrected chi connectivity index (χ2v) is 7.34. The topological polar surface area (TPSA) is 69.2 Å². The summed E-state index contributed by atoms with van der Waals surface area (Å²) in [5, 5.41) is 6.81. The van der Waals surface area contributed by atoms with E-state index in [9.17, 15) is 4.79 Å². The maximum atomic E-state index is 12.1. The Morgan fingerprint density at radius 2 is 1.78 bits per heavy atom. The second-order valence-electron chi connectivity index (χ2n) is 7.34. The van der Waals surface area contributed by atoms with E-state index >= 15 is 0 Å². The van der Waals surface area contributed by atoms with Crippen molar-refractivity contribution < 1.29 is 19.1 Å². The minimum atomic E-state index is -0.236. The van der Waals surface area contributed by atoms with E-state index in [2.05, 4.69) is 10.5 Å². The van der Waals surface area contributed by atoms with Crippen LogP contribution in [0.3, 0.4) is 0 Å². The Bertz CT molecular complexity index is 1050. The molecule has 1 amide bonds. The molecule has 166 valence electrons. The maximum Gasteiger partial charge on any atom is 0.261 e. The van der Waals surface area contributed by atoms with Crippen LogP contribution in [0.15, 0.2) is 78.0 Å². The number of methoxy groups -OCH3 is 1. The van der Waals surface area contributed by atoms with Crippen molar-refractivity contribution in [1.82, 2.24) is 5.32 Å². The van der Waals surface area contributed by atoms with Crippen LogP contribution in [0.25, 0.3) is 0 Å². The predicted molar refractivity (Wildman–Crippen MR) is 125 cm³/mol. The highest BCUT2D eigenvalue weighted by Crippen LogP contribution is 2.28. The zero-order valence-corrected chi connectivity index (χ0v) is 18.6. The summed E-state index contributed by atoms with van der Waals surface area (Å²) in [7, 11) is 1.59. The van der Waals surface area contributed by atoms with Gasteiger partial charge < -0.3 is 19.6 Å². The fourth-order valence-corrected chi connectivity index (χ4v) is 3.25. The van der Waals surface area contributed by atoms with E-state index in [0.717, 1.165) is 22.3 Å². The number of rotatable bonds is 10. The van der Waals surface area contributed by atoms with Crippen LogP contribution >= 0.6 is 0 Å². The average Bonchev–Trinajstić information content (AvgIpc) is 2.81. The number of hydrogen-bond donors (Lipinski definition) is 1. The summed E-state index contributed by atoms with van der Waals surface area (Å²) in [6.45, 7) is 4.24. The molecule has 3 aromatic rings. The summed E-state index contributed by atoms with van der Waals surface area (Å²) < 4.78 is 11.3. The molecule has 0 bridgehead atoms. The maximum absolute atomic E-state index is 12.1. The molecule has 0 saturated carbocycles. The van der Waals surface area contributed by atoms with Crippen molar-refractivity contribution in [2.75, 3.05) is 13.7 Å². The Kier molecular flexibility index (Phi) is 8.26. The number of nitrogens with zero attached hydrogens (tertiary/aromatic N) is 1. The van der Waals surface area contributed by atoms with E-state index in [1.807, 2.05) is 80.6 Å². The first-order valence-corrected chi connectivity index (χ1v) is 10.4. The van der Waals surface area contributed by atoms with Gasteiger partial charge in [0, 0.05) is 5.56 Å². The number of nitrogens with one attached hydrogen (secondary N) is 1. The summed E-state index contributed by atoms with van der Waals surface area (Å²) >= 11 is 0. The van der Waals surface area contributed by atoms with E-state index in [1.54, 1.807) is 13.2 Å². The first-order chi connectivity index (χ1) is 15.6. The predicted octanol–water partition coefficient (Wildman–Crippen LogP) is 4.81. The molecule has 0 radical (unpaired) electrons. The number of hydrogen-bond acceptors (Lipinski definition) is 5. The summed E-state index contributed by atoms with van der Waals surface area (Å²) in [4.78, 5) is 17.3. The van der Waals surface area contributed by atoms with Gasteiger partial charge >= 0.3 is 0 Å². The van der Waals surface area contributed by atoms with E-state index in [0.29, 0.717) is 18.1 Å². The third kappa shape index (κ3) is 6.60. The van der Waals surface area contributed by atoms with Gasteiger partial charge in [-0.25, -0.2) is 0 Å². The minimum Gasteiger partial charge on any atom is -0.493 e. The first-order valence-electron chi connectivity index (χ1n) is 10.4. The summed E-state index contributed by atoms with van der Waals surface area (Å²) in [5.41, 5.74) is 4.04. The molecule has 0 aliphatic rings. The van der Waals surface area contributed by atoms with Crippen molar-refractivity contribution >= 4 is 12.1 Å². The van der Waals surface area contributed by atoms with Crippen LogP contribution in [-0.2, 0) is 16.2 Å². The van der Waals surface area contributed by atoms with Crippen LogP contribution in [0, 0.1) is 6.92 Å². The molecule has 6 heteroatoms. The van der Waals surface area contributed by atoms with E-state index in [4.69, 9.17) is 14.3 Å². The van der Waals surface area contributed by atoms with E-state index < -0.39 is 0 Å². The van der Waals surface area contributed by atoms with Gasteiger partial charge in [-0.1, -0.05) is 59.8 Å². The molecule has 3 rings (SSSR count). The van der Waals surface area contributed by atoms with Crippen molar-refractivity contribution in [3.63, 3.8) is 0 Å². The Hall–Kier alpha value is -3.80. The first kappa shape index (κ1) is 22.9. The molecule has 0 spiro atoms. The van der Waals surface area contributed by atoms with Crippen molar-refractivity contribution in [1.29, 1.82) is 0 Å². The van der Waals surface area contributed by atoms with Crippen LogP contribution in [0.4, 0.5) is 0 Å². The highest BCUT2D eigenvalue weighted by atomic mass is 16.6. The quantitative estimate of drug-likeness (QED) is 0.369. The van der Waals surface area contributed by atoms with E-state index in [1.165, 1.54) is 6.21 Å². The van der Waals surface area contributed by atoms with Gasteiger partial charge in [0.05, 0.1) is 19.4 Å². The Labute approximate surface area is 188 Å². The third-order valence-corrected chi connectivity index (χ3v) is 4.93. The van der Waals surface area contributed by atoms with Crippen LogP contribution in [0.1, 0.15) is 35.2 Å². The standard InChI is InChI=1S/C26H28N2O4/c1-19-9-7-8-12-23(19)20(2)28-26(29)18-32-27-16-22-13-14-24(25(15-22)30-3)31-17-21-10-5-4-6-11-21/h4-16,20H,17-18H2,1-3H3,(H,28,29)/b27-16+. The Balaban J connectivity index is 1.49. The molecule has 1 atom stereocenters. The van der Waals surface area contributed by atoms with Gasteiger partial charge in [-0.05, 0) is 48.7 Å². The molecule has 1 N–H and O–H groups in total. The monoisotopic (exact) mass is 432 g/mol. The SMILES string of the molecule is COc1cc(/C=N/OCC(=O)NC(C)c2ccccc2C)ccc1OCc1ccccc1. The molecule has 3 aromatic carbocycles. The smallest absolute Gasteiger partial charge is 0.261 e. The molecule has 0 fully saturated rings. The van der Waals surface area contributed by atoms with Crippen LogP contribution in [0.2, 0.25) is 0 Å². The molecule has 0 heterocycles. The lowest BCUT2D eigenvalue weighted by atomic mass is 10.0. The number of ether oxygens (including phenoxy) is 2. The highest BCUT2D eigenvalue weighted by Gasteiger charge is 2.11. The number of carbonyl (C=O) groups is 1. The normalized spacial score (nSPS) is 11.7. The number of benzene rings is 3. The molecule has 0 saturated heterocycles. The molecule has 0 aliphatic heterocycles. The molecule has 1 unspecified atom stereocenters. The van der Waals surface area contributed by atoms with Crippen molar-refractivity contribution in [3.05, 3.63) is 95.1 Å². The van der Waals surface area contributed by atoms with Crippen LogP contribution in [0.5, 0.6) is 11.5 Å². The largest absolute Gasteiger partial charge is 0.493 e. The fourth-order valence-electron chi connectivity index (χ4n) is 3.25. The number of amides is 1. The Morgan fingerprint density at radius 1 is 1.03 bits per heavy atom. The van der Waals surface area contributed by atoms with Gasteiger partial charge in [0.1, 0.15) is 6.61 Å². The van der Waals surface area contributed by atoms with Crippen molar-refractivity contribution in [3.8, 4) is 11.5 Å². The zero-order valence-electron chi connectivity index (χ0n) is 18.6. The van der Waals surface area contributed by atoms with Crippen molar-refractivity contribution in [2.45, 2.75) is 26.5 Å². The van der Waals surface area contributed by atoms with Gasteiger partial charge in [-0.15, -0.1) is 0 Å². The lowest BCUT2D eigenvalue weighted by Gasteiger charge is -2.16. The molecule has 0 aromatic heterocycles. The number of oxime groups is 1. The molecule has 0 aliphatic carbocycles. The van der Waals surface area contributed by atoms with Gasteiger partial charge in [-0.3, -0.25) is 4.79 Å². The molecule has 6 nitrogen and oxygen atoms in total. The summed E-state index contributed by atoms with van der Waals surface area (Å²) in [6, 6.07) is 23.2. The van der Waals surface area contributed by atoms with Gasteiger partial charge in [-0.2, -0.15) is 0 Å². The number of carbonyl (C=O) groups excluding carboxylic acids is 1. The Morgan fingerprint density at radius 3 is 2.53 bits per heavy atom. The van der Waals surface area contributed by atoms with Gasteiger partial charge in [0.25, 0.3) is 5.91 Å². The lowest BCUT2D eigenvalue weighted by Crippen LogP contribution is -2.30. The second kappa shape index (κ2) is 11.6. The fraction of sp³-hybridized carbons (Fsp3) is 0.231. The van der Waals surface area contributed by atoms with Gasteiger partial charge in [0.15, 0.2) is 18.1 Å². The van der Waals surface area contributed by atoms with Gasteiger partial charge in [0.2, 0.25) is 0 Å². The van der Waals surface area contributed by atoms with E-state index in [-0.39, 0.29) is 18.6 Å². The highest BCUT2D eigenvalue weighted by molar-refractivity contribution is 5.81. The molecular weight excluding hydrogens is 404 g/mol. The number of aryl methyl sites for hydroxylation is 1. The third-order valence-electron chi connectivity index (χ3n) is 4.93. The molecule has 32 heavy (non-hydrogen) atoms. The van der Waals surface area contributed by atoms with Crippen LogP contribution in [-0.4, -0.2) is 25.8 Å². The van der Waals surface area contributed by atoms with Crippen molar-refractivity contribution in [2.24, 2.45) is 5.16 Å². The average molecular weight is 433 g/mol. The minimum absolute atomic E-state index is 0.107. The summed E-state index contributed by atoms with van der Waals surface area (Å²) in [5.74, 6) is 0.994. The zero-order chi connectivity index (χ0) is 22.8. The van der Waals surface area contributed by atoms with Crippen LogP contribution < -0.4 is 14.8 Å². The lowest BCUT2D eigenvalue weighted by molar-refractivity contribution is -0.126. The summed E-state index contributed by atoms with van der Waals surface area (Å²) in [6.07, 6.45) is 1.53. The molecular formula is C26H28N2O4.